The maximum absolute atomic E-state index is 12.5. The van der Waals surface area contributed by atoms with E-state index in [1.807, 2.05) is 12.1 Å². The summed E-state index contributed by atoms with van der Waals surface area (Å²) in [6.45, 7) is 12.4. The average Bonchev–Trinajstić information content (AvgIpc) is 2.60. The SMILES string of the molecule is CC[C@@H](NC(=O)[C@H](C)Oc1ccc(C(C)(C)C)cc1)c1ccc(C)cc1. The second kappa shape index (κ2) is 8.39. The molecule has 0 spiro atoms. The Morgan fingerprint density at radius 1 is 1.04 bits per heavy atom. The van der Waals surface area contributed by atoms with Gasteiger partial charge >= 0.3 is 0 Å². The highest BCUT2D eigenvalue weighted by Gasteiger charge is 2.20. The molecule has 0 heterocycles. The van der Waals surface area contributed by atoms with Gasteiger partial charge in [0.1, 0.15) is 5.75 Å². The first-order valence-corrected chi connectivity index (χ1v) is 9.35. The summed E-state index contributed by atoms with van der Waals surface area (Å²) in [4.78, 5) is 12.5. The molecule has 2 rings (SSSR count). The number of hydrogen-bond acceptors (Lipinski definition) is 2. The van der Waals surface area contributed by atoms with Gasteiger partial charge in [-0.15, -0.1) is 0 Å². The number of ether oxygens (including phenoxy) is 1. The van der Waals surface area contributed by atoms with Crippen molar-refractivity contribution in [3.63, 3.8) is 0 Å². The molecule has 1 amide bonds. The molecule has 0 saturated heterocycles. The maximum Gasteiger partial charge on any atom is 0.261 e. The van der Waals surface area contributed by atoms with Crippen LogP contribution in [0.1, 0.15) is 63.8 Å². The summed E-state index contributed by atoms with van der Waals surface area (Å²) in [5, 5.41) is 3.09. The summed E-state index contributed by atoms with van der Waals surface area (Å²) >= 11 is 0. The lowest BCUT2D eigenvalue weighted by molar-refractivity contribution is -0.128. The molecular formula is C23H31NO2. The van der Waals surface area contributed by atoms with E-state index in [9.17, 15) is 4.79 Å². The van der Waals surface area contributed by atoms with Crippen molar-refractivity contribution in [1.29, 1.82) is 0 Å². The van der Waals surface area contributed by atoms with Crippen molar-refractivity contribution in [3.05, 3.63) is 65.2 Å². The molecular weight excluding hydrogens is 322 g/mol. The third kappa shape index (κ3) is 5.35. The Morgan fingerprint density at radius 2 is 1.62 bits per heavy atom. The minimum Gasteiger partial charge on any atom is -0.481 e. The van der Waals surface area contributed by atoms with Gasteiger partial charge in [0, 0.05) is 0 Å². The van der Waals surface area contributed by atoms with Crippen molar-refractivity contribution in [2.24, 2.45) is 0 Å². The zero-order valence-electron chi connectivity index (χ0n) is 16.8. The molecule has 0 radical (unpaired) electrons. The number of rotatable bonds is 6. The van der Waals surface area contributed by atoms with Gasteiger partial charge in [-0.05, 0) is 48.9 Å². The highest BCUT2D eigenvalue weighted by molar-refractivity contribution is 5.81. The summed E-state index contributed by atoms with van der Waals surface area (Å²) in [5.74, 6) is 0.612. The Kier molecular flexibility index (Phi) is 6.47. The van der Waals surface area contributed by atoms with Gasteiger partial charge in [-0.1, -0.05) is 69.7 Å². The summed E-state index contributed by atoms with van der Waals surface area (Å²) in [6, 6.07) is 16.3. The minimum absolute atomic E-state index is 0.00239. The van der Waals surface area contributed by atoms with E-state index in [-0.39, 0.29) is 17.4 Å². The van der Waals surface area contributed by atoms with Crippen LogP contribution >= 0.6 is 0 Å². The first kappa shape index (κ1) is 20.0. The van der Waals surface area contributed by atoms with E-state index in [0.29, 0.717) is 5.75 Å². The lowest BCUT2D eigenvalue weighted by atomic mass is 9.87. The van der Waals surface area contributed by atoms with Gasteiger partial charge in [-0.3, -0.25) is 4.79 Å². The minimum atomic E-state index is -0.546. The Labute approximate surface area is 157 Å². The van der Waals surface area contributed by atoms with E-state index in [4.69, 9.17) is 4.74 Å². The zero-order valence-corrected chi connectivity index (χ0v) is 16.8. The van der Waals surface area contributed by atoms with E-state index >= 15 is 0 Å². The van der Waals surface area contributed by atoms with E-state index in [2.05, 4.69) is 76.3 Å². The number of amides is 1. The van der Waals surface area contributed by atoms with Gasteiger partial charge in [0.15, 0.2) is 6.10 Å². The molecule has 0 bridgehead atoms. The average molecular weight is 354 g/mol. The van der Waals surface area contributed by atoms with Crippen LogP contribution in [0.2, 0.25) is 0 Å². The fourth-order valence-electron chi connectivity index (χ4n) is 2.80. The first-order chi connectivity index (χ1) is 12.2. The number of nitrogens with one attached hydrogen (secondary N) is 1. The van der Waals surface area contributed by atoms with E-state index in [1.54, 1.807) is 6.92 Å². The van der Waals surface area contributed by atoms with Crippen LogP contribution in [0, 0.1) is 6.92 Å². The summed E-state index contributed by atoms with van der Waals surface area (Å²) in [6.07, 6.45) is 0.289. The van der Waals surface area contributed by atoms with Crippen molar-refractivity contribution < 1.29 is 9.53 Å². The maximum atomic E-state index is 12.5. The Bertz CT molecular complexity index is 711. The molecule has 2 atom stereocenters. The third-order valence-corrected chi connectivity index (χ3v) is 4.61. The lowest BCUT2D eigenvalue weighted by Crippen LogP contribution is -2.38. The van der Waals surface area contributed by atoms with Crippen LogP contribution in [0.4, 0.5) is 0 Å². The number of carbonyl (C=O) groups is 1. The van der Waals surface area contributed by atoms with Gasteiger partial charge in [0.2, 0.25) is 0 Å². The van der Waals surface area contributed by atoms with Crippen LogP contribution < -0.4 is 10.1 Å². The third-order valence-electron chi connectivity index (χ3n) is 4.61. The van der Waals surface area contributed by atoms with Crippen LogP contribution in [-0.4, -0.2) is 12.0 Å². The van der Waals surface area contributed by atoms with Crippen LogP contribution in [0.3, 0.4) is 0 Å². The van der Waals surface area contributed by atoms with Gasteiger partial charge in [0.05, 0.1) is 6.04 Å². The highest BCUT2D eigenvalue weighted by atomic mass is 16.5. The van der Waals surface area contributed by atoms with Gasteiger partial charge in [0.25, 0.3) is 5.91 Å². The fourth-order valence-corrected chi connectivity index (χ4v) is 2.80. The molecule has 0 aromatic heterocycles. The van der Waals surface area contributed by atoms with Crippen LogP contribution in [0.5, 0.6) is 5.75 Å². The zero-order chi connectivity index (χ0) is 19.3. The van der Waals surface area contributed by atoms with Crippen molar-refractivity contribution >= 4 is 5.91 Å². The lowest BCUT2D eigenvalue weighted by Gasteiger charge is -2.22. The van der Waals surface area contributed by atoms with E-state index in [0.717, 1.165) is 12.0 Å². The summed E-state index contributed by atoms with van der Waals surface area (Å²) < 4.78 is 5.83. The second-order valence-corrected chi connectivity index (χ2v) is 7.91. The number of carbonyl (C=O) groups excluding carboxylic acids is 1. The molecule has 1 N–H and O–H groups in total. The van der Waals surface area contributed by atoms with E-state index in [1.165, 1.54) is 11.1 Å². The number of benzene rings is 2. The van der Waals surface area contributed by atoms with Crippen molar-refractivity contribution in [3.8, 4) is 5.75 Å². The molecule has 0 aliphatic heterocycles. The molecule has 0 unspecified atom stereocenters. The Balaban J connectivity index is 1.99. The summed E-state index contributed by atoms with van der Waals surface area (Å²) in [5.41, 5.74) is 3.68. The monoisotopic (exact) mass is 353 g/mol. The highest BCUT2D eigenvalue weighted by Crippen LogP contribution is 2.25. The van der Waals surface area contributed by atoms with Gasteiger partial charge in [-0.2, -0.15) is 0 Å². The van der Waals surface area contributed by atoms with Crippen molar-refractivity contribution in [2.45, 2.75) is 65.5 Å². The first-order valence-electron chi connectivity index (χ1n) is 9.35. The topological polar surface area (TPSA) is 38.3 Å². The molecule has 3 heteroatoms. The molecule has 0 aliphatic rings. The van der Waals surface area contributed by atoms with Crippen LogP contribution in [0.25, 0.3) is 0 Å². The van der Waals surface area contributed by atoms with Gasteiger partial charge < -0.3 is 10.1 Å². The van der Waals surface area contributed by atoms with Crippen molar-refractivity contribution in [1.82, 2.24) is 5.32 Å². The predicted octanol–water partition coefficient (Wildman–Crippen LogP) is 5.33. The number of hydrogen-bond donors (Lipinski definition) is 1. The van der Waals surface area contributed by atoms with Crippen LogP contribution in [-0.2, 0) is 10.2 Å². The standard InChI is InChI=1S/C23H31NO2/c1-7-21(18-10-8-16(2)9-11-18)24-22(25)17(3)26-20-14-12-19(13-15-20)23(4,5)6/h8-15,17,21H,7H2,1-6H3,(H,24,25)/t17-,21+/m0/s1. The van der Waals surface area contributed by atoms with Crippen molar-refractivity contribution in [2.75, 3.05) is 0 Å². The molecule has 2 aromatic rings. The molecule has 0 saturated carbocycles. The van der Waals surface area contributed by atoms with Crippen LogP contribution in [0.15, 0.2) is 48.5 Å². The molecule has 140 valence electrons. The summed E-state index contributed by atoms with van der Waals surface area (Å²) in [7, 11) is 0. The second-order valence-electron chi connectivity index (χ2n) is 7.91. The number of aryl methyl sites for hydroxylation is 1. The Morgan fingerprint density at radius 3 is 2.12 bits per heavy atom. The molecule has 0 aliphatic carbocycles. The van der Waals surface area contributed by atoms with E-state index < -0.39 is 6.10 Å². The Hall–Kier alpha value is -2.29. The quantitative estimate of drug-likeness (QED) is 0.762. The largest absolute Gasteiger partial charge is 0.481 e. The smallest absolute Gasteiger partial charge is 0.261 e. The van der Waals surface area contributed by atoms with Gasteiger partial charge in [-0.25, -0.2) is 0 Å². The normalized spacial score (nSPS) is 13.8. The fraction of sp³-hybridized carbons (Fsp3) is 0.435. The molecule has 0 fully saturated rings. The predicted molar refractivity (Wildman–Crippen MR) is 108 cm³/mol. The molecule has 26 heavy (non-hydrogen) atoms. The molecule has 2 aromatic carbocycles. The molecule has 3 nitrogen and oxygen atoms in total.